The van der Waals surface area contributed by atoms with Crippen molar-refractivity contribution in [2.45, 2.75) is 19.8 Å². The Morgan fingerprint density at radius 3 is 2.69 bits per heavy atom. The highest BCUT2D eigenvalue weighted by atomic mass is 35.5. The van der Waals surface area contributed by atoms with Gasteiger partial charge in [0.1, 0.15) is 0 Å². The Morgan fingerprint density at radius 2 is 1.92 bits per heavy atom. The molecule has 0 saturated heterocycles. The summed E-state index contributed by atoms with van der Waals surface area (Å²) in [6.45, 7) is 1.94. The molecule has 26 heavy (non-hydrogen) atoms. The molecule has 0 aliphatic carbocycles. The minimum absolute atomic E-state index is 0.432. The average Bonchev–Trinajstić information content (AvgIpc) is 3.01. The molecule has 0 amide bonds. The standard InChI is InChI=1S/C21H17ClFN3/c1-13-2-3-14(11-24-13)8-18-6-4-15(21(23)26-18)9-16-12-25-20-7-5-17(22)10-19(16)20/h2-7,10-12,25H,8-9H2,1H3. The normalized spacial score (nSPS) is 11.2. The molecule has 0 unspecified atom stereocenters. The molecule has 1 N–H and O–H groups in total. The SMILES string of the molecule is Cc1ccc(Cc2ccc(Cc3c[nH]c4ccc(Cl)cc34)c(F)n2)cn1. The predicted octanol–water partition coefficient (Wildman–Crippen LogP) is 5.24. The van der Waals surface area contributed by atoms with Gasteiger partial charge < -0.3 is 4.98 Å². The number of aryl methyl sites for hydroxylation is 1. The molecule has 4 aromatic rings. The summed E-state index contributed by atoms with van der Waals surface area (Å²) in [6.07, 6.45) is 4.73. The molecule has 5 heteroatoms. The number of aromatic amines is 1. The quantitative estimate of drug-likeness (QED) is 0.502. The summed E-state index contributed by atoms with van der Waals surface area (Å²) >= 11 is 6.08. The maximum atomic E-state index is 14.5. The minimum atomic E-state index is -0.432. The van der Waals surface area contributed by atoms with E-state index in [9.17, 15) is 4.39 Å². The Bertz CT molecular complexity index is 1070. The van der Waals surface area contributed by atoms with Gasteiger partial charge in [0.15, 0.2) is 0 Å². The van der Waals surface area contributed by atoms with Crippen molar-refractivity contribution in [2.75, 3.05) is 0 Å². The fraction of sp³-hybridized carbons (Fsp3) is 0.143. The lowest BCUT2D eigenvalue weighted by molar-refractivity contribution is 0.565. The lowest BCUT2D eigenvalue weighted by Crippen LogP contribution is -2.00. The molecule has 0 bridgehead atoms. The highest BCUT2D eigenvalue weighted by molar-refractivity contribution is 6.31. The zero-order chi connectivity index (χ0) is 18.1. The molecule has 0 saturated carbocycles. The van der Waals surface area contributed by atoms with Crippen molar-refractivity contribution in [1.82, 2.24) is 15.0 Å². The number of hydrogen-bond donors (Lipinski definition) is 1. The molecule has 3 nitrogen and oxygen atoms in total. The van der Waals surface area contributed by atoms with Crippen LogP contribution >= 0.6 is 11.6 Å². The number of nitrogens with one attached hydrogen (secondary N) is 1. The van der Waals surface area contributed by atoms with E-state index in [1.54, 1.807) is 6.20 Å². The van der Waals surface area contributed by atoms with Crippen LogP contribution in [0.25, 0.3) is 10.9 Å². The van der Waals surface area contributed by atoms with Crippen LogP contribution in [0.1, 0.15) is 28.1 Å². The van der Waals surface area contributed by atoms with E-state index in [-0.39, 0.29) is 0 Å². The van der Waals surface area contributed by atoms with E-state index in [1.807, 2.05) is 55.6 Å². The Balaban J connectivity index is 1.57. The molecule has 0 aliphatic rings. The van der Waals surface area contributed by atoms with Crippen molar-refractivity contribution in [3.8, 4) is 0 Å². The summed E-state index contributed by atoms with van der Waals surface area (Å²) in [6, 6.07) is 13.3. The molecule has 0 fully saturated rings. The molecule has 0 radical (unpaired) electrons. The summed E-state index contributed by atoms with van der Waals surface area (Å²) in [4.78, 5) is 11.6. The highest BCUT2D eigenvalue weighted by Crippen LogP contribution is 2.25. The van der Waals surface area contributed by atoms with Crippen LogP contribution in [0.4, 0.5) is 4.39 Å². The molecule has 0 atom stereocenters. The van der Waals surface area contributed by atoms with Crippen LogP contribution in [0.3, 0.4) is 0 Å². The van der Waals surface area contributed by atoms with E-state index in [2.05, 4.69) is 15.0 Å². The third-order valence-electron chi connectivity index (χ3n) is 4.45. The first-order chi connectivity index (χ1) is 12.6. The van der Waals surface area contributed by atoms with Gasteiger partial charge in [-0.25, -0.2) is 4.98 Å². The number of H-pyrrole nitrogens is 1. The van der Waals surface area contributed by atoms with Crippen LogP contribution < -0.4 is 0 Å². The smallest absolute Gasteiger partial charge is 0.216 e. The Morgan fingerprint density at radius 1 is 1.04 bits per heavy atom. The van der Waals surface area contributed by atoms with Gasteiger partial charge >= 0.3 is 0 Å². The van der Waals surface area contributed by atoms with Crippen LogP contribution in [0.2, 0.25) is 5.02 Å². The Kier molecular flexibility index (Phi) is 4.43. The fourth-order valence-electron chi connectivity index (χ4n) is 3.05. The summed E-state index contributed by atoms with van der Waals surface area (Å²) in [7, 11) is 0. The molecule has 0 spiro atoms. The van der Waals surface area contributed by atoms with Crippen LogP contribution in [0.5, 0.6) is 0 Å². The lowest BCUT2D eigenvalue weighted by atomic mass is 10.0. The second-order valence-electron chi connectivity index (χ2n) is 6.42. The molecule has 4 rings (SSSR count). The first kappa shape index (κ1) is 16.7. The predicted molar refractivity (Wildman–Crippen MR) is 102 cm³/mol. The third kappa shape index (κ3) is 3.46. The summed E-state index contributed by atoms with van der Waals surface area (Å²) < 4.78 is 14.5. The maximum Gasteiger partial charge on any atom is 0.216 e. The molecule has 130 valence electrons. The number of aromatic nitrogens is 3. The van der Waals surface area contributed by atoms with Gasteiger partial charge in [-0.05, 0) is 48.4 Å². The van der Waals surface area contributed by atoms with Gasteiger partial charge in [-0.1, -0.05) is 23.7 Å². The zero-order valence-electron chi connectivity index (χ0n) is 14.3. The number of benzene rings is 1. The van der Waals surface area contributed by atoms with Crippen molar-refractivity contribution in [3.05, 3.63) is 93.9 Å². The zero-order valence-corrected chi connectivity index (χ0v) is 15.0. The molecule has 3 aromatic heterocycles. The third-order valence-corrected chi connectivity index (χ3v) is 4.69. The fourth-order valence-corrected chi connectivity index (χ4v) is 3.22. The lowest BCUT2D eigenvalue weighted by Gasteiger charge is -2.06. The van der Waals surface area contributed by atoms with Crippen LogP contribution in [-0.4, -0.2) is 15.0 Å². The van der Waals surface area contributed by atoms with Gasteiger partial charge in [-0.3, -0.25) is 4.98 Å². The van der Waals surface area contributed by atoms with Gasteiger partial charge in [0.25, 0.3) is 0 Å². The van der Waals surface area contributed by atoms with E-state index in [0.29, 0.717) is 29.1 Å². The van der Waals surface area contributed by atoms with Crippen LogP contribution in [0.15, 0.2) is 54.9 Å². The number of hydrogen-bond acceptors (Lipinski definition) is 2. The topological polar surface area (TPSA) is 41.6 Å². The number of nitrogens with zero attached hydrogens (tertiary/aromatic N) is 2. The number of pyridine rings is 2. The van der Waals surface area contributed by atoms with E-state index in [4.69, 9.17) is 11.6 Å². The molecule has 0 aliphatic heterocycles. The number of rotatable bonds is 4. The van der Waals surface area contributed by atoms with Gasteiger partial charge in [0.05, 0.1) is 0 Å². The number of halogens is 2. The van der Waals surface area contributed by atoms with Crippen LogP contribution in [-0.2, 0) is 12.8 Å². The Labute approximate surface area is 155 Å². The summed E-state index contributed by atoms with van der Waals surface area (Å²) in [5.41, 5.74) is 5.22. The monoisotopic (exact) mass is 365 g/mol. The van der Waals surface area contributed by atoms with Crippen molar-refractivity contribution < 1.29 is 4.39 Å². The molecular formula is C21H17ClFN3. The van der Waals surface area contributed by atoms with E-state index >= 15 is 0 Å². The second-order valence-corrected chi connectivity index (χ2v) is 6.85. The van der Waals surface area contributed by atoms with E-state index in [1.165, 1.54) is 0 Å². The van der Waals surface area contributed by atoms with Gasteiger partial charge in [-0.15, -0.1) is 0 Å². The largest absolute Gasteiger partial charge is 0.361 e. The minimum Gasteiger partial charge on any atom is -0.361 e. The van der Waals surface area contributed by atoms with Crippen molar-refractivity contribution in [3.63, 3.8) is 0 Å². The van der Waals surface area contributed by atoms with Crippen molar-refractivity contribution in [1.29, 1.82) is 0 Å². The number of fused-ring (bicyclic) bond motifs is 1. The van der Waals surface area contributed by atoms with Crippen molar-refractivity contribution in [2.24, 2.45) is 0 Å². The first-order valence-electron chi connectivity index (χ1n) is 8.40. The summed E-state index contributed by atoms with van der Waals surface area (Å²) in [5.74, 6) is -0.432. The van der Waals surface area contributed by atoms with Gasteiger partial charge in [-0.2, -0.15) is 4.39 Å². The first-order valence-corrected chi connectivity index (χ1v) is 8.77. The van der Waals surface area contributed by atoms with E-state index < -0.39 is 5.95 Å². The van der Waals surface area contributed by atoms with Gasteiger partial charge in [0, 0.05) is 58.1 Å². The van der Waals surface area contributed by atoms with E-state index in [0.717, 1.165) is 27.7 Å². The average molecular weight is 366 g/mol. The summed E-state index contributed by atoms with van der Waals surface area (Å²) in [5, 5.41) is 1.67. The molecule has 3 heterocycles. The second kappa shape index (κ2) is 6.89. The Hall–Kier alpha value is -2.72. The highest BCUT2D eigenvalue weighted by Gasteiger charge is 2.11. The van der Waals surface area contributed by atoms with Crippen molar-refractivity contribution >= 4 is 22.5 Å². The maximum absolute atomic E-state index is 14.5. The molecular weight excluding hydrogens is 349 g/mol. The molecule has 1 aromatic carbocycles. The van der Waals surface area contributed by atoms with Gasteiger partial charge in [0.2, 0.25) is 5.95 Å². The van der Waals surface area contributed by atoms with Crippen LogP contribution in [0, 0.1) is 12.9 Å².